The van der Waals surface area contributed by atoms with E-state index in [9.17, 15) is 9.90 Å². The average molecular weight is 243 g/mol. The highest BCUT2D eigenvalue weighted by atomic mass is 35.5. The van der Waals surface area contributed by atoms with Crippen LogP contribution in [-0.2, 0) is 0 Å². The second-order valence-electron chi connectivity index (χ2n) is 3.74. The molecule has 0 aromatic heterocycles. The van der Waals surface area contributed by atoms with Gasteiger partial charge in [-0.2, -0.15) is 0 Å². The number of rotatable bonds is 3. The van der Waals surface area contributed by atoms with Crippen LogP contribution >= 0.6 is 11.6 Å². The molecule has 0 bridgehead atoms. The topological polar surface area (TPSA) is 66.6 Å². The second kappa shape index (κ2) is 5.18. The van der Waals surface area contributed by atoms with Crippen LogP contribution in [-0.4, -0.2) is 35.6 Å². The predicted molar refractivity (Wildman–Crippen MR) is 64.5 cm³/mol. The Bertz CT molecular complexity index is 394. The number of halogens is 1. The van der Waals surface area contributed by atoms with Crippen LogP contribution < -0.4 is 5.73 Å². The number of likely N-dealkylation sites (N-methyl/N-ethyl adjacent to an activating group) is 1. The fraction of sp³-hybridized carbons (Fsp3) is 0.364. The summed E-state index contributed by atoms with van der Waals surface area (Å²) in [4.78, 5) is 13.3. The Balaban J connectivity index is 2.92. The highest BCUT2D eigenvalue weighted by molar-refractivity contribution is 6.36. The first-order valence-electron chi connectivity index (χ1n) is 4.91. The zero-order valence-corrected chi connectivity index (χ0v) is 10.0. The molecule has 0 radical (unpaired) electrons. The van der Waals surface area contributed by atoms with Crippen LogP contribution in [0.3, 0.4) is 0 Å². The van der Waals surface area contributed by atoms with E-state index in [1.807, 2.05) is 0 Å². The van der Waals surface area contributed by atoms with E-state index in [0.29, 0.717) is 11.3 Å². The van der Waals surface area contributed by atoms with Gasteiger partial charge in [0.05, 0.1) is 22.4 Å². The molecule has 5 heteroatoms. The number of nitrogens with two attached hydrogens (primary N) is 1. The van der Waals surface area contributed by atoms with Crippen molar-refractivity contribution in [3.8, 4) is 0 Å². The lowest BCUT2D eigenvalue weighted by Crippen LogP contribution is -2.33. The lowest BCUT2D eigenvalue weighted by Gasteiger charge is -2.19. The van der Waals surface area contributed by atoms with Crippen LogP contribution in [0.5, 0.6) is 0 Å². The molecule has 0 aliphatic carbocycles. The van der Waals surface area contributed by atoms with Gasteiger partial charge < -0.3 is 15.7 Å². The molecule has 0 saturated carbocycles. The molecule has 16 heavy (non-hydrogen) atoms. The Labute approximate surface area is 99.6 Å². The molecule has 3 N–H and O–H groups in total. The fourth-order valence-corrected chi connectivity index (χ4v) is 1.61. The fourth-order valence-electron chi connectivity index (χ4n) is 1.40. The Hall–Kier alpha value is -1.26. The van der Waals surface area contributed by atoms with Crippen LogP contribution in [0, 0.1) is 0 Å². The highest BCUT2D eigenvalue weighted by Gasteiger charge is 2.17. The molecule has 1 aromatic rings. The zero-order valence-electron chi connectivity index (χ0n) is 9.27. The van der Waals surface area contributed by atoms with Crippen LogP contribution in [0.25, 0.3) is 0 Å². The minimum atomic E-state index is -0.575. The Kier molecular flexibility index (Phi) is 4.15. The molecule has 1 atom stereocenters. The minimum Gasteiger partial charge on any atom is -0.398 e. The summed E-state index contributed by atoms with van der Waals surface area (Å²) in [5, 5.41) is 9.45. The van der Waals surface area contributed by atoms with Crippen molar-refractivity contribution >= 4 is 23.2 Å². The van der Waals surface area contributed by atoms with Crippen molar-refractivity contribution in [2.24, 2.45) is 0 Å². The first kappa shape index (κ1) is 12.8. The number of nitrogen functional groups attached to an aromatic ring is 1. The first-order chi connectivity index (χ1) is 7.43. The Morgan fingerprint density at radius 3 is 2.81 bits per heavy atom. The van der Waals surface area contributed by atoms with E-state index in [-0.39, 0.29) is 17.5 Å². The van der Waals surface area contributed by atoms with Crippen LogP contribution in [0.15, 0.2) is 18.2 Å². The number of hydrogen-bond acceptors (Lipinski definition) is 3. The molecule has 88 valence electrons. The third kappa shape index (κ3) is 2.87. The minimum absolute atomic E-state index is 0.252. The highest BCUT2D eigenvalue weighted by Crippen LogP contribution is 2.23. The molecule has 0 fully saturated rings. The van der Waals surface area contributed by atoms with Crippen molar-refractivity contribution in [1.29, 1.82) is 0 Å². The van der Waals surface area contributed by atoms with E-state index in [0.717, 1.165) is 0 Å². The molecule has 1 unspecified atom stereocenters. The van der Waals surface area contributed by atoms with Crippen molar-refractivity contribution in [1.82, 2.24) is 4.90 Å². The van der Waals surface area contributed by atoms with Crippen molar-refractivity contribution < 1.29 is 9.90 Å². The van der Waals surface area contributed by atoms with Crippen molar-refractivity contribution in [2.45, 2.75) is 13.0 Å². The van der Waals surface area contributed by atoms with Crippen LogP contribution in [0.2, 0.25) is 5.02 Å². The maximum Gasteiger partial charge on any atom is 0.255 e. The van der Waals surface area contributed by atoms with Crippen molar-refractivity contribution in [3.63, 3.8) is 0 Å². The number of anilines is 1. The number of aliphatic hydroxyl groups is 1. The quantitative estimate of drug-likeness (QED) is 0.787. The standard InChI is InChI=1S/C11H15ClN2O2/c1-7(15)6-14(2)11(16)8-4-3-5-9(13)10(8)12/h3-5,7,15H,6,13H2,1-2H3. The van der Waals surface area contributed by atoms with E-state index < -0.39 is 6.10 Å². The van der Waals surface area contributed by atoms with E-state index in [1.54, 1.807) is 32.2 Å². The van der Waals surface area contributed by atoms with Crippen molar-refractivity contribution in [2.75, 3.05) is 19.3 Å². The van der Waals surface area contributed by atoms with Gasteiger partial charge in [-0.3, -0.25) is 4.79 Å². The number of hydrogen-bond donors (Lipinski definition) is 2. The third-order valence-corrected chi connectivity index (χ3v) is 2.57. The monoisotopic (exact) mass is 242 g/mol. The predicted octanol–water partition coefficient (Wildman–Crippen LogP) is 1.38. The maximum atomic E-state index is 11.9. The van der Waals surface area contributed by atoms with E-state index in [4.69, 9.17) is 17.3 Å². The molecule has 0 aliphatic rings. The first-order valence-corrected chi connectivity index (χ1v) is 5.28. The summed E-state index contributed by atoms with van der Waals surface area (Å²) in [6.07, 6.45) is -0.575. The summed E-state index contributed by atoms with van der Waals surface area (Å²) >= 11 is 5.93. The summed E-state index contributed by atoms with van der Waals surface area (Å²) in [5.74, 6) is -0.252. The van der Waals surface area contributed by atoms with Gasteiger partial charge in [-0.05, 0) is 19.1 Å². The molecule has 1 aromatic carbocycles. The smallest absolute Gasteiger partial charge is 0.255 e. The summed E-state index contributed by atoms with van der Waals surface area (Å²) < 4.78 is 0. The zero-order chi connectivity index (χ0) is 12.3. The molecule has 1 rings (SSSR count). The third-order valence-electron chi connectivity index (χ3n) is 2.14. The Morgan fingerprint density at radius 2 is 2.25 bits per heavy atom. The summed E-state index contributed by atoms with van der Waals surface area (Å²) in [6.45, 7) is 1.87. The van der Waals surface area contributed by atoms with Gasteiger partial charge in [0, 0.05) is 13.6 Å². The van der Waals surface area contributed by atoms with Gasteiger partial charge in [-0.1, -0.05) is 17.7 Å². The molecule has 0 saturated heterocycles. The second-order valence-corrected chi connectivity index (χ2v) is 4.12. The van der Waals surface area contributed by atoms with Crippen LogP contribution in [0.4, 0.5) is 5.69 Å². The van der Waals surface area contributed by atoms with E-state index >= 15 is 0 Å². The van der Waals surface area contributed by atoms with Crippen molar-refractivity contribution in [3.05, 3.63) is 28.8 Å². The largest absolute Gasteiger partial charge is 0.398 e. The lowest BCUT2D eigenvalue weighted by atomic mass is 10.1. The molecule has 0 aliphatic heterocycles. The summed E-state index contributed by atoms with van der Waals surface area (Å²) in [7, 11) is 1.61. The molecular weight excluding hydrogens is 228 g/mol. The number of aliphatic hydroxyl groups excluding tert-OH is 1. The van der Waals surface area contributed by atoms with Gasteiger partial charge in [0.25, 0.3) is 5.91 Å². The molecular formula is C11H15ClN2O2. The van der Waals surface area contributed by atoms with Gasteiger partial charge in [-0.25, -0.2) is 0 Å². The average Bonchev–Trinajstić information content (AvgIpc) is 2.20. The number of amides is 1. The molecule has 0 spiro atoms. The number of benzene rings is 1. The lowest BCUT2D eigenvalue weighted by molar-refractivity contribution is 0.0704. The SMILES string of the molecule is CC(O)CN(C)C(=O)c1cccc(N)c1Cl. The molecule has 1 amide bonds. The van der Waals surface area contributed by atoms with E-state index in [1.165, 1.54) is 4.90 Å². The summed E-state index contributed by atoms with van der Waals surface area (Å²) in [6, 6.07) is 4.91. The van der Waals surface area contributed by atoms with Gasteiger partial charge in [0.15, 0.2) is 0 Å². The van der Waals surface area contributed by atoms with Gasteiger partial charge in [0.1, 0.15) is 0 Å². The molecule has 4 nitrogen and oxygen atoms in total. The van der Waals surface area contributed by atoms with E-state index in [2.05, 4.69) is 0 Å². The van der Waals surface area contributed by atoms with Gasteiger partial charge >= 0.3 is 0 Å². The van der Waals surface area contributed by atoms with Crippen LogP contribution in [0.1, 0.15) is 17.3 Å². The Morgan fingerprint density at radius 1 is 1.62 bits per heavy atom. The maximum absolute atomic E-state index is 11.9. The van der Waals surface area contributed by atoms with Gasteiger partial charge in [0.2, 0.25) is 0 Å². The normalized spacial score (nSPS) is 12.2. The number of carbonyl (C=O) groups is 1. The summed E-state index contributed by atoms with van der Waals surface area (Å²) in [5.41, 5.74) is 6.33. The van der Waals surface area contributed by atoms with Gasteiger partial charge in [-0.15, -0.1) is 0 Å². The molecule has 0 heterocycles. The number of carbonyl (C=O) groups excluding carboxylic acids is 1. The number of nitrogens with zero attached hydrogens (tertiary/aromatic N) is 1.